The minimum Gasteiger partial charge on any atom is -0.496 e. The van der Waals surface area contributed by atoms with Gasteiger partial charge in [-0.1, -0.05) is 12.1 Å². The number of benzene rings is 1. The number of methoxy groups -OCH3 is 2. The summed E-state index contributed by atoms with van der Waals surface area (Å²) in [7, 11) is 2.88. The van der Waals surface area contributed by atoms with Crippen LogP contribution in [0.4, 0.5) is 0 Å². The van der Waals surface area contributed by atoms with Gasteiger partial charge in [0, 0.05) is 12.0 Å². The molecule has 0 amide bonds. The zero-order chi connectivity index (χ0) is 12.4. The van der Waals surface area contributed by atoms with Crippen LogP contribution in [0.5, 0.6) is 5.75 Å². The molecular formula is C13H14O4. The van der Waals surface area contributed by atoms with Crippen molar-refractivity contribution in [2.75, 3.05) is 14.2 Å². The van der Waals surface area contributed by atoms with E-state index in [4.69, 9.17) is 4.74 Å². The normalized spacial score (nSPS) is 18.5. The van der Waals surface area contributed by atoms with Crippen molar-refractivity contribution >= 4 is 11.8 Å². The van der Waals surface area contributed by atoms with Crippen LogP contribution in [0.1, 0.15) is 11.1 Å². The van der Waals surface area contributed by atoms with Crippen molar-refractivity contribution in [1.29, 1.82) is 0 Å². The molecule has 17 heavy (non-hydrogen) atoms. The topological polar surface area (TPSA) is 52.6 Å². The molecule has 0 saturated carbocycles. The fourth-order valence-corrected chi connectivity index (χ4v) is 2.18. The Balaban J connectivity index is 2.36. The van der Waals surface area contributed by atoms with Gasteiger partial charge in [-0.15, -0.1) is 0 Å². The number of ether oxygens (including phenoxy) is 2. The molecule has 0 bridgehead atoms. The molecule has 0 N–H and O–H groups in total. The van der Waals surface area contributed by atoms with E-state index in [2.05, 4.69) is 4.74 Å². The van der Waals surface area contributed by atoms with Crippen molar-refractivity contribution in [1.82, 2.24) is 0 Å². The van der Waals surface area contributed by atoms with Crippen molar-refractivity contribution in [3.05, 3.63) is 29.3 Å². The van der Waals surface area contributed by atoms with E-state index in [1.165, 1.54) is 7.11 Å². The molecule has 0 aromatic heterocycles. The summed E-state index contributed by atoms with van der Waals surface area (Å²) < 4.78 is 9.86. The van der Waals surface area contributed by atoms with Gasteiger partial charge in [-0.05, 0) is 18.1 Å². The molecule has 0 fully saturated rings. The summed E-state index contributed by atoms with van der Waals surface area (Å²) in [4.78, 5) is 23.3. The summed E-state index contributed by atoms with van der Waals surface area (Å²) in [5, 5.41) is 0. The van der Waals surface area contributed by atoms with Gasteiger partial charge in [-0.2, -0.15) is 0 Å². The lowest BCUT2D eigenvalue weighted by molar-refractivity contribution is -0.149. The van der Waals surface area contributed by atoms with Crippen molar-refractivity contribution in [3.63, 3.8) is 0 Å². The molecule has 1 atom stereocenters. The molecule has 0 aliphatic heterocycles. The second-order valence-electron chi connectivity index (χ2n) is 4.02. The van der Waals surface area contributed by atoms with Gasteiger partial charge in [0.1, 0.15) is 11.7 Å². The number of carbonyl (C=O) groups is 2. The van der Waals surface area contributed by atoms with Crippen molar-refractivity contribution in [2.24, 2.45) is 5.92 Å². The third-order valence-corrected chi connectivity index (χ3v) is 3.10. The molecule has 0 radical (unpaired) electrons. The Morgan fingerprint density at radius 1 is 1.35 bits per heavy atom. The Hall–Kier alpha value is -1.84. The summed E-state index contributed by atoms with van der Waals surface area (Å²) >= 11 is 0. The molecular weight excluding hydrogens is 220 g/mol. The van der Waals surface area contributed by atoms with Crippen LogP contribution in [0.25, 0.3) is 0 Å². The largest absolute Gasteiger partial charge is 0.496 e. The zero-order valence-electron chi connectivity index (χ0n) is 9.86. The number of hydrogen-bond donors (Lipinski definition) is 0. The molecule has 4 heteroatoms. The molecule has 4 nitrogen and oxygen atoms in total. The van der Waals surface area contributed by atoms with Gasteiger partial charge >= 0.3 is 5.97 Å². The van der Waals surface area contributed by atoms with E-state index in [1.54, 1.807) is 7.11 Å². The number of Topliss-reactive ketones (excluding diaryl/α,β-unsaturated/α-hetero) is 1. The van der Waals surface area contributed by atoms with Gasteiger partial charge in [0.25, 0.3) is 0 Å². The van der Waals surface area contributed by atoms with Gasteiger partial charge < -0.3 is 9.47 Å². The highest BCUT2D eigenvalue weighted by atomic mass is 16.5. The molecule has 1 aliphatic rings. The Bertz CT molecular complexity index is 464. The molecule has 0 spiro atoms. The van der Waals surface area contributed by atoms with E-state index < -0.39 is 11.9 Å². The lowest BCUT2D eigenvalue weighted by Crippen LogP contribution is -2.32. The van der Waals surface area contributed by atoms with E-state index >= 15 is 0 Å². The first-order valence-corrected chi connectivity index (χ1v) is 5.42. The smallest absolute Gasteiger partial charge is 0.316 e. The maximum atomic E-state index is 11.9. The van der Waals surface area contributed by atoms with E-state index in [9.17, 15) is 9.59 Å². The van der Waals surface area contributed by atoms with Crippen molar-refractivity contribution in [2.45, 2.75) is 12.8 Å². The average Bonchev–Trinajstić information content (AvgIpc) is 2.36. The number of ketones is 1. The van der Waals surface area contributed by atoms with Crippen LogP contribution in [0.2, 0.25) is 0 Å². The number of hydrogen-bond acceptors (Lipinski definition) is 4. The minimum atomic E-state index is -0.667. The summed E-state index contributed by atoms with van der Waals surface area (Å²) in [6.45, 7) is 0. The van der Waals surface area contributed by atoms with Crippen LogP contribution in [0.3, 0.4) is 0 Å². The first-order valence-electron chi connectivity index (χ1n) is 5.42. The standard InChI is InChI=1S/C13H14O4/c1-16-12-5-3-4-8-6-10(13(15)17-2)11(14)7-9(8)12/h3-5,10H,6-7H2,1-2H3. The first-order chi connectivity index (χ1) is 8.17. The number of rotatable bonds is 2. The highest BCUT2D eigenvalue weighted by molar-refractivity contribution is 6.01. The van der Waals surface area contributed by atoms with Crippen LogP contribution >= 0.6 is 0 Å². The average molecular weight is 234 g/mol. The van der Waals surface area contributed by atoms with E-state index in [1.807, 2.05) is 18.2 Å². The number of fused-ring (bicyclic) bond motifs is 1. The highest BCUT2D eigenvalue weighted by Gasteiger charge is 2.33. The van der Waals surface area contributed by atoms with E-state index in [0.717, 1.165) is 11.1 Å². The summed E-state index contributed by atoms with van der Waals surface area (Å²) in [5.41, 5.74) is 1.87. The van der Waals surface area contributed by atoms with Crippen LogP contribution in [-0.4, -0.2) is 26.0 Å². The van der Waals surface area contributed by atoms with Crippen LogP contribution in [0, 0.1) is 5.92 Å². The Kier molecular flexibility index (Phi) is 3.13. The molecule has 90 valence electrons. The molecule has 1 unspecified atom stereocenters. The SMILES string of the molecule is COC(=O)C1Cc2cccc(OC)c2CC1=O. The van der Waals surface area contributed by atoms with E-state index in [0.29, 0.717) is 12.2 Å². The quantitative estimate of drug-likeness (QED) is 0.569. The van der Waals surface area contributed by atoms with Crippen molar-refractivity contribution in [3.8, 4) is 5.75 Å². The Morgan fingerprint density at radius 3 is 2.76 bits per heavy atom. The Labute approximate surface area is 99.5 Å². The molecule has 1 aromatic carbocycles. The number of carbonyl (C=O) groups excluding carboxylic acids is 2. The predicted molar refractivity (Wildman–Crippen MR) is 60.9 cm³/mol. The summed E-state index contributed by atoms with van der Waals surface area (Å²) in [6.07, 6.45) is 0.636. The molecule has 0 saturated heterocycles. The van der Waals surface area contributed by atoms with E-state index in [-0.39, 0.29) is 12.2 Å². The number of esters is 1. The summed E-state index contributed by atoms with van der Waals surface area (Å²) in [5.74, 6) is -0.518. The van der Waals surface area contributed by atoms with Crippen LogP contribution < -0.4 is 4.74 Å². The minimum absolute atomic E-state index is 0.103. The van der Waals surface area contributed by atoms with Crippen molar-refractivity contribution < 1.29 is 19.1 Å². The lowest BCUT2D eigenvalue weighted by atomic mass is 9.82. The molecule has 2 rings (SSSR count). The maximum absolute atomic E-state index is 11.9. The monoisotopic (exact) mass is 234 g/mol. The predicted octanol–water partition coefficient (Wildman–Crippen LogP) is 1.15. The molecule has 0 heterocycles. The fraction of sp³-hybridized carbons (Fsp3) is 0.385. The lowest BCUT2D eigenvalue weighted by Gasteiger charge is -2.23. The fourth-order valence-electron chi connectivity index (χ4n) is 2.18. The molecule has 1 aliphatic carbocycles. The second kappa shape index (κ2) is 4.57. The van der Waals surface area contributed by atoms with Gasteiger partial charge in [0.2, 0.25) is 0 Å². The van der Waals surface area contributed by atoms with Crippen LogP contribution in [0.15, 0.2) is 18.2 Å². The Morgan fingerprint density at radius 2 is 2.12 bits per heavy atom. The molecule has 1 aromatic rings. The van der Waals surface area contributed by atoms with Gasteiger partial charge in [-0.3, -0.25) is 9.59 Å². The summed E-state index contributed by atoms with van der Waals surface area (Å²) in [6, 6.07) is 5.60. The second-order valence-corrected chi connectivity index (χ2v) is 4.02. The first kappa shape index (κ1) is 11.6. The third kappa shape index (κ3) is 2.02. The zero-order valence-corrected chi connectivity index (χ0v) is 9.86. The van der Waals surface area contributed by atoms with Gasteiger partial charge in [0.05, 0.1) is 14.2 Å². The van der Waals surface area contributed by atoms with Gasteiger partial charge in [0.15, 0.2) is 5.78 Å². The van der Waals surface area contributed by atoms with Crippen LogP contribution in [-0.2, 0) is 27.2 Å². The highest BCUT2D eigenvalue weighted by Crippen LogP contribution is 2.30. The third-order valence-electron chi connectivity index (χ3n) is 3.10. The maximum Gasteiger partial charge on any atom is 0.316 e. The van der Waals surface area contributed by atoms with Gasteiger partial charge in [-0.25, -0.2) is 0 Å².